The molecule has 0 fully saturated rings. The minimum absolute atomic E-state index is 0.299. The number of carbonyl (C=O) groups is 2. The first-order valence-corrected chi connectivity index (χ1v) is 10.5. The van der Waals surface area contributed by atoms with Gasteiger partial charge in [-0.25, -0.2) is 4.79 Å². The van der Waals surface area contributed by atoms with Crippen LogP contribution in [0.2, 0.25) is 0 Å². The van der Waals surface area contributed by atoms with E-state index < -0.39 is 17.3 Å². The first-order chi connectivity index (χ1) is 12.1. The third kappa shape index (κ3) is 17.8. The number of hydrogen-bond donors (Lipinski definition) is 0. The number of alkyl halides is 1. The molecule has 0 saturated carbocycles. The van der Waals surface area contributed by atoms with Crippen molar-refractivity contribution in [2.24, 2.45) is 0 Å². The van der Waals surface area contributed by atoms with Crippen molar-refractivity contribution in [1.82, 2.24) is 0 Å². The molecule has 0 aromatic carbocycles. The topological polar surface area (TPSA) is 43.4 Å². The van der Waals surface area contributed by atoms with Crippen molar-refractivity contribution in [2.75, 3.05) is 0 Å². The van der Waals surface area contributed by atoms with E-state index in [1.807, 2.05) is 0 Å². The number of ether oxygens (including phenoxy) is 1. The number of unbranched alkanes of at least 4 members (excludes halogenated alkanes) is 11. The Morgan fingerprint density at radius 2 is 1.32 bits per heavy atom. The predicted molar refractivity (Wildman–Crippen MR) is 106 cm³/mol. The van der Waals surface area contributed by atoms with E-state index in [4.69, 9.17) is 11.6 Å². The fourth-order valence-corrected chi connectivity index (χ4v) is 2.63. The summed E-state index contributed by atoms with van der Waals surface area (Å²) in [5.41, 5.74) is 0. The molecule has 1 unspecified atom stereocenters. The predicted octanol–water partition coefficient (Wildman–Crippen LogP) is 6.72. The van der Waals surface area contributed by atoms with Crippen LogP contribution in [0.3, 0.4) is 0 Å². The molecule has 0 saturated heterocycles. The molecule has 0 amide bonds. The summed E-state index contributed by atoms with van der Waals surface area (Å²) in [6, 6.07) is 0. The van der Waals surface area contributed by atoms with Gasteiger partial charge in [-0.15, -0.1) is 11.6 Å². The maximum atomic E-state index is 11.4. The van der Waals surface area contributed by atoms with Crippen LogP contribution in [0, 0.1) is 0 Å². The van der Waals surface area contributed by atoms with Crippen LogP contribution in [0.25, 0.3) is 0 Å². The SMILES string of the molecule is CCCCCCCCC=CCCCCCCCC(=O)OC(=O)C(C)Cl. The number of hydrogen-bond acceptors (Lipinski definition) is 3. The van der Waals surface area contributed by atoms with Crippen molar-refractivity contribution in [2.45, 2.75) is 109 Å². The number of esters is 2. The lowest BCUT2D eigenvalue weighted by Crippen LogP contribution is -2.18. The molecular formula is C21H37ClO3. The highest BCUT2D eigenvalue weighted by Crippen LogP contribution is 2.10. The molecule has 146 valence electrons. The van der Waals surface area contributed by atoms with Gasteiger partial charge in [0, 0.05) is 6.42 Å². The average Bonchev–Trinajstić information content (AvgIpc) is 2.58. The molecule has 0 aromatic rings. The van der Waals surface area contributed by atoms with Crippen molar-refractivity contribution >= 4 is 23.5 Å². The van der Waals surface area contributed by atoms with Gasteiger partial charge >= 0.3 is 11.9 Å². The molecule has 0 aromatic heterocycles. The van der Waals surface area contributed by atoms with Gasteiger partial charge in [-0.3, -0.25) is 4.79 Å². The van der Waals surface area contributed by atoms with Crippen LogP contribution >= 0.6 is 11.6 Å². The molecule has 0 rings (SSSR count). The minimum Gasteiger partial charge on any atom is -0.392 e. The second-order valence-corrected chi connectivity index (χ2v) is 7.40. The number of allylic oxidation sites excluding steroid dienone is 2. The van der Waals surface area contributed by atoms with Crippen molar-refractivity contribution in [3.8, 4) is 0 Å². The Morgan fingerprint density at radius 1 is 0.840 bits per heavy atom. The van der Waals surface area contributed by atoms with E-state index in [1.54, 1.807) is 0 Å². The van der Waals surface area contributed by atoms with Gasteiger partial charge in [0.25, 0.3) is 0 Å². The Labute approximate surface area is 159 Å². The fourth-order valence-electron chi connectivity index (χ4n) is 2.58. The van der Waals surface area contributed by atoms with E-state index in [1.165, 1.54) is 64.7 Å². The monoisotopic (exact) mass is 372 g/mol. The Kier molecular flexibility index (Phi) is 17.4. The Bertz CT molecular complexity index is 364. The fraction of sp³-hybridized carbons (Fsp3) is 0.810. The van der Waals surface area contributed by atoms with Crippen molar-refractivity contribution in [3.05, 3.63) is 12.2 Å². The van der Waals surface area contributed by atoms with Gasteiger partial charge < -0.3 is 4.74 Å². The van der Waals surface area contributed by atoms with Crippen LogP contribution in [-0.4, -0.2) is 17.3 Å². The molecule has 4 heteroatoms. The van der Waals surface area contributed by atoms with Gasteiger partial charge in [-0.05, 0) is 39.0 Å². The van der Waals surface area contributed by atoms with E-state index in [2.05, 4.69) is 23.8 Å². The van der Waals surface area contributed by atoms with Gasteiger partial charge in [0.1, 0.15) is 5.38 Å². The number of rotatable bonds is 16. The lowest BCUT2D eigenvalue weighted by Gasteiger charge is -2.04. The zero-order valence-electron chi connectivity index (χ0n) is 16.2. The van der Waals surface area contributed by atoms with Crippen LogP contribution in [0.4, 0.5) is 0 Å². The van der Waals surface area contributed by atoms with Crippen LogP contribution in [-0.2, 0) is 14.3 Å². The van der Waals surface area contributed by atoms with Crippen molar-refractivity contribution < 1.29 is 14.3 Å². The van der Waals surface area contributed by atoms with E-state index in [0.717, 1.165) is 25.7 Å². The smallest absolute Gasteiger partial charge is 0.331 e. The summed E-state index contributed by atoms with van der Waals surface area (Å²) in [6.07, 6.45) is 20.7. The Morgan fingerprint density at radius 3 is 1.84 bits per heavy atom. The Balaban J connectivity index is 3.29. The van der Waals surface area contributed by atoms with Crippen LogP contribution in [0.1, 0.15) is 104 Å². The van der Waals surface area contributed by atoms with Crippen LogP contribution < -0.4 is 0 Å². The number of halogens is 1. The molecule has 0 heterocycles. The lowest BCUT2D eigenvalue weighted by molar-refractivity contribution is -0.159. The normalized spacial score (nSPS) is 12.4. The summed E-state index contributed by atoms with van der Waals surface area (Å²) < 4.78 is 4.61. The first-order valence-electron chi connectivity index (χ1n) is 10.1. The molecule has 0 aliphatic rings. The molecule has 0 bridgehead atoms. The van der Waals surface area contributed by atoms with Crippen molar-refractivity contribution in [1.29, 1.82) is 0 Å². The second kappa shape index (κ2) is 18.0. The number of carbonyl (C=O) groups excluding carboxylic acids is 2. The molecule has 0 aliphatic heterocycles. The molecule has 1 atom stereocenters. The summed E-state index contributed by atoms with van der Waals surface area (Å²) in [4.78, 5) is 22.5. The molecular weight excluding hydrogens is 336 g/mol. The van der Waals surface area contributed by atoms with Gasteiger partial charge in [-0.2, -0.15) is 0 Å². The zero-order valence-corrected chi connectivity index (χ0v) is 17.0. The first kappa shape index (κ1) is 24.2. The van der Waals surface area contributed by atoms with E-state index in [-0.39, 0.29) is 0 Å². The largest absolute Gasteiger partial charge is 0.392 e. The summed E-state index contributed by atoms with van der Waals surface area (Å²) in [6.45, 7) is 3.75. The molecule has 0 spiro atoms. The summed E-state index contributed by atoms with van der Waals surface area (Å²) in [5.74, 6) is -1.12. The maximum Gasteiger partial charge on any atom is 0.331 e. The zero-order chi connectivity index (χ0) is 18.8. The van der Waals surface area contributed by atoms with E-state index in [9.17, 15) is 9.59 Å². The summed E-state index contributed by atoms with van der Waals surface area (Å²) >= 11 is 5.54. The van der Waals surface area contributed by atoms with E-state index >= 15 is 0 Å². The summed E-state index contributed by atoms with van der Waals surface area (Å²) in [5, 5.41) is -0.766. The molecule has 3 nitrogen and oxygen atoms in total. The maximum absolute atomic E-state index is 11.4. The quantitative estimate of drug-likeness (QED) is 0.0992. The standard InChI is InChI=1S/C21H37ClO3/c1-3-4-5-6-7-8-9-10-11-12-13-14-15-16-17-18-20(23)25-21(24)19(2)22/h10-11,19H,3-9,12-18H2,1-2H3. The Hall–Kier alpha value is -0.830. The summed E-state index contributed by atoms with van der Waals surface area (Å²) in [7, 11) is 0. The van der Waals surface area contributed by atoms with Gasteiger partial charge in [0.2, 0.25) is 0 Å². The highest BCUT2D eigenvalue weighted by Gasteiger charge is 2.15. The average molecular weight is 373 g/mol. The third-order valence-electron chi connectivity index (χ3n) is 4.18. The highest BCUT2D eigenvalue weighted by atomic mass is 35.5. The van der Waals surface area contributed by atoms with Gasteiger partial charge in [0.15, 0.2) is 0 Å². The molecule has 0 N–H and O–H groups in total. The van der Waals surface area contributed by atoms with E-state index in [0.29, 0.717) is 6.42 Å². The van der Waals surface area contributed by atoms with Crippen LogP contribution in [0.15, 0.2) is 12.2 Å². The molecule has 0 aliphatic carbocycles. The van der Waals surface area contributed by atoms with Crippen LogP contribution in [0.5, 0.6) is 0 Å². The van der Waals surface area contributed by atoms with Gasteiger partial charge in [0.05, 0.1) is 0 Å². The third-order valence-corrected chi connectivity index (χ3v) is 4.36. The molecule has 0 radical (unpaired) electrons. The van der Waals surface area contributed by atoms with Gasteiger partial charge in [-0.1, -0.05) is 70.4 Å². The molecule has 25 heavy (non-hydrogen) atoms. The highest BCUT2D eigenvalue weighted by molar-refractivity contribution is 6.30. The second-order valence-electron chi connectivity index (χ2n) is 6.74. The van der Waals surface area contributed by atoms with Crippen molar-refractivity contribution in [3.63, 3.8) is 0 Å². The minimum atomic E-state index is -0.766. The lowest BCUT2D eigenvalue weighted by atomic mass is 10.1.